The molecule has 9 nitrogen and oxygen atoms in total. The Labute approximate surface area is 156 Å². The SMILES string of the molecule is COc1ccc(Cl)cc1-n1c(=O)[nH]c2cnc(Nc3ccc[nH]c3=O)nc21. The van der Waals surface area contributed by atoms with Gasteiger partial charge in [0.25, 0.3) is 5.56 Å². The first-order valence-corrected chi connectivity index (χ1v) is 8.21. The Hall–Kier alpha value is -3.59. The summed E-state index contributed by atoms with van der Waals surface area (Å²) in [6, 6.07) is 8.19. The van der Waals surface area contributed by atoms with Crippen LogP contribution in [0.3, 0.4) is 0 Å². The lowest BCUT2D eigenvalue weighted by atomic mass is 10.3. The van der Waals surface area contributed by atoms with Crippen molar-refractivity contribution in [1.82, 2.24) is 24.5 Å². The van der Waals surface area contributed by atoms with E-state index in [-0.39, 0.29) is 17.2 Å². The van der Waals surface area contributed by atoms with Crippen molar-refractivity contribution < 1.29 is 4.74 Å². The van der Waals surface area contributed by atoms with Crippen molar-refractivity contribution in [3.63, 3.8) is 0 Å². The molecule has 0 aliphatic heterocycles. The molecule has 4 aromatic rings. The van der Waals surface area contributed by atoms with Crippen LogP contribution >= 0.6 is 11.6 Å². The van der Waals surface area contributed by atoms with Gasteiger partial charge in [0.15, 0.2) is 5.65 Å². The van der Waals surface area contributed by atoms with Gasteiger partial charge >= 0.3 is 5.69 Å². The summed E-state index contributed by atoms with van der Waals surface area (Å²) in [6.45, 7) is 0. The lowest BCUT2D eigenvalue weighted by Crippen LogP contribution is -2.16. The number of benzene rings is 1. The summed E-state index contributed by atoms with van der Waals surface area (Å²) in [4.78, 5) is 38.1. The lowest BCUT2D eigenvalue weighted by Gasteiger charge is -2.10. The second-order valence-corrected chi connectivity index (χ2v) is 5.99. The van der Waals surface area contributed by atoms with Crippen LogP contribution in [0, 0.1) is 0 Å². The van der Waals surface area contributed by atoms with E-state index in [1.54, 1.807) is 30.3 Å². The van der Waals surface area contributed by atoms with Crippen LogP contribution < -0.4 is 21.3 Å². The van der Waals surface area contributed by atoms with E-state index in [2.05, 4.69) is 25.3 Å². The number of methoxy groups -OCH3 is 1. The molecule has 3 heterocycles. The number of halogens is 1. The maximum absolute atomic E-state index is 12.5. The highest BCUT2D eigenvalue weighted by atomic mass is 35.5. The molecule has 3 aromatic heterocycles. The quantitative estimate of drug-likeness (QED) is 0.496. The third kappa shape index (κ3) is 3.04. The molecule has 1 aromatic carbocycles. The van der Waals surface area contributed by atoms with Crippen molar-refractivity contribution in [1.29, 1.82) is 0 Å². The van der Waals surface area contributed by atoms with Crippen molar-refractivity contribution in [2.75, 3.05) is 12.4 Å². The lowest BCUT2D eigenvalue weighted by molar-refractivity contribution is 0.413. The zero-order valence-electron chi connectivity index (χ0n) is 14.0. The molecular formula is C17H13ClN6O3. The van der Waals surface area contributed by atoms with Crippen molar-refractivity contribution in [3.8, 4) is 11.4 Å². The van der Waals surface area contributed by atoms with Crippen LogP contribution in [0.1, 0.15) is 0 Å². The number of aromatic amines is 2. The van der Waals surface area contributed by atoms with E-state index >= 15 is 0 Å². The molecule has 4 rings (SSSR count). The third-order valence-electron chi connectivity index (χ3n) is 3.87. The number of aromatic nitrogens is 5. The number of pyridine rings is 1. The first-order chi connectivity index (χ1) is 13.1. The molecule has 0 saturated heterocycles. The number of anilines is 2. The standard InChI is InChI=1S/C17H13ClN6O3/c1-27-13-5-4-9(18)7-12(13)24-14-11(22-17(24)26)8-20-16(23-14)21-10-3-2-6-19-15(10)25/h2-8H,1H3,(H,19,25)(H,22,26)(H,20,21,23). The van der Waals surface area contributed by atoms with Gasteiger partial charge in [-0.3, -0.25) is 4.79 Å². The van der Waals surface area contributed by atoms with Crippen molar-refractivity contribution >= 4 is 34.4 Å². The Bertz CT molecular complexity index is 1260. The number of fused-ring (bicyclic) bond motifs is 1. The summed E-state index contributed by atoms with van der Waals surface area (Å²) in [5.74, 6) is 0.614. The molecule has 0 saturated carbocycles. The average Bonchev–Trinajstić information content (AvgIpc) is 2.98. The first kappa shape index (κ1) is 16.9. The molecule has 0 unspecified atom stereocenters. The fourth-order valence-electron chi connectivity index (χ4n) is 2.66. The molecule has 0 atom stereocenters. The van der Waals surface area contributed by atoms with Gasteiger partial charge in [0.05, 0.1) is 19.0 Å². The normalized spacial score (nSPS) is 10.9. The minimum absolute atomic E-state index is 0.160. The Morgan fingerprint density at radius 3 is 2.89 bits per heavy atom. The predicted molar refractivity (Wildman–Crippen MR) is 101 cm³/mol. The summed E-state index contributed by atoms with van der Waals surface area (Å²) in [5.41, 5.74) is 0.712. The van der Waals surface area contributed by atoms with Gasteiger partial charge in [0.2, 0.25) is 5.95 Å². The van der Waals surface area contributed by atoms with Crippen LogP contribution in [0.5, 0.6) is 5.75 Å². The van der Waals surface area contributed by atoms with Crippen LogP contribution in [-0.4, -0.2) is 31.6 Å². The molecule has 0 radical (unpaired) electrons. The van der Waals surface area contributed by atoms with Crippen LogP contribution in [0.4, 0.5) is 11.6 Å². The Morgan fingerprint density at radius 1 is 1.26 bits per heavy atom. The molecule has 0 amide bonds. The molecule has 3 N–H and O–H groups in total. The highest BCUT2D eigenvalue weighted by molar-refractivity contribution is 6.30. The van der Waals surface area contributed by atoms with E-state index in [1.165, 1.54) is 24.1 Å². The summed E-state index contributed by atoms with van der Waals surface area (Å²) >= 11 is 6.09. The van der Waals surface area contributed by atoms with Gasteiger partial charge in [0, 0.05) is 11.2 Å². The first-order valence-electron chi connectivity index (χ1n) is 7.83. The molecule has 136 valence electrons. The fraction of sp³-hybridized carbons (Fsp3) is 0.0588. The summed E-state index contributed by atoms with van der Waals surface area (Å²) < 4.78 is 6.67. The molecule has 0 bridgehead atoms. The average molecular weight is 385 g/mol. The zero-order chi connectivity index (χ0) is 19.0. The van der Waals surface area contributed by atoms with Crippen LogP contribution in [-0.2, 0) is 0 Å². The zero-order valence-corrected chi connectivity index (χ0v) is 14.7. The number of rotatable bonds is 4. The third-order valence-corrected chi connectivity index (χ3v) is 4.11. The topological polar surface area (TPSA) is 118 Å². The number of imidazole rings is 1. The number of ether oxygens (including phenoxy) is 1. The Kier molecular flexibility index (Phi) is 4.13. The van der Waals surface area contributed by atoms with E-state index in [0.29, 0.717) is 27.6 Å². The van der Waals surface area contributed by atoms with Gasteiger partial charge in [-0.15, -0.1) is 0 Å². The van der Waals surface area contributed by atoms with E-state index in [0.717, 1.165) is 0 Å². The Morgan fingerprint density at radius 2 is 2.11 bits per heavy atom. The van der Waals surface area contributed by atoms with E-state index < -0.39 is 5.69 Å². The Balaban J connectivity index is 1.89. The number of nitrogens with zero attached hydrogens (tertiary/aromatic N) is 3. The number of H-pyrrole nitrogens is 2. The van der Waals surface area contributed by atoms with Crippen molar-refractivity contribution in [3.05, 3.63) is 68.6 Å². The highest BCUT2D eigenvalue weighted by Gasteiger charge is 2.16. The minimum atomic E-state index is -0.422. The number of nitrogens with one attached hydrogen (secondary N) is 3. The summed E-state index contributed by atoms with van der Waals surface area (Å²) in [7, 11) is 1.50. The summed E-state index contributed by atoms with van der Waals surface area (Å²) in [6.07, 6.45) is 2.98. The smallest absolute Gasteiger partial charge is 0.332 e. The van der Waals surface area contributed by atoms with Crippen LogP contribution in [0.25, 0.3) is 16.9 Å². The van der Waals surface area contributed by atoms with Gasteiger partial charge < -0.3 is 20.0 Å². The maximum atomic E-state index is 12.5. The van der Waals surface area contributed by atoms with Crippen molar-refractivity contribution in [2.24, 2.45) is 0 Å². The molecule has 0 aliphatic carbocycles. The minimum Gasteiger partial charge on any atom is -0.495 e. The molecule has 0 aliphatic rings. The molecule has 0 spiro atoms. The molecular weight excluding hydrogens is 372 g/mol. The largest absolute Gasteiger partial charge is 0.495 e. The summed E-state index contributed by atoms with van der Waals surface area (Å²) in [5, 5.41) is 3.28. The van der Waals surface area contributed by atoms with Gasteiger partial charge in [-0.1, -0.05) is 11.6 Å². The fourth-order valence-corrected chi connectivity index (χ4v) is 2.83. The van der Waals surface area contributed by atoms with E-state index in [4.69, 9.17) is 16.3 Å². The maximum Gasteiger partial charge on any atom is 0.332 e. The van der Waals surface area contributed by atoms with E-state index in [9.17, 15) is 9.59 Å². The predicted octanol–water partition coefficient (Wildman–Crippen LogP) is 2.20. The van der Waals surface area contributed by atoms with Gasteiger partial charge in [-0.25, -0.2) is 14.3 Å². The molecule has 0 fully saturated rings. The second-order valence-electron chi connectivity index (χ2n) is 5.55. The number of hydrogen-bond acceptors (Lipinski definition) is 6. The second kappa shape index (κ2) is 6.61. The van der Waals surface area contributed by atoms with Gasteiger partial charge in [-0.05, 0) is 30.3 Å². The number of hydrogen-bond donors (Lipinski definition) is 3. The van der Waals surface area contributed by atoms with Crippen LogP contribution in [0.15, 0.2) is 52.3 Å². The van der Waals surface area contributed by atoms with Crippen LogP contribution in [0.2, 0.25) is 5.02 Å². The van der Waals surface area contributed by atoms with Gasteiger partial charge in [-0.2, -0.15) is 4.98 Å². The van der Waals surface area contributed by atoms with E-state index in [1.807, 2.05) is 0 Å². The monoisotopic (exact) mass is 384 g/mol. The van der Waals surface area contributed by atoms with Gasteiger partial charge in [0.1, 0.15) is 17.0 Å². The van der Waals surface area contributed by atoms with Crippen molar-refractivity contribution in [2.45, 2.75) is 0 Å². The highest BCUT2D eigenvalue weighted by Crippen LogP contribution is 2.27. The molecule has 10 heteroatoms. The molecule has 27 heavy (non-hydrogen) atoms.